The summed E-state index contributed by atoms with van der Waals surface area (Å²) in [6.07, 6.45) is 1.37. The van der Waals surface area contributed by atoms with E-state index in [0.717, 1.165) is 6.42 Å². The Balaban J connectivity index is 0.000000325. The van der Waals surface area contributed by atoms with Crippen molar-refractivity contribution < 1.29 is 14.3 Å². The lowest BCUT2D eigenvalue weighted by Gasteiger charge is -1.95. The highest BCUT2D eigenvalue weighted by molar-refractivity contribution is 5.89. The number of rotatable bonds is 3. The molecule has 0 radical (unpaired) electrons. The minimum atomic E-state index is -0.291. The number of esters is 1. The molecule has 88 valence electrons. The molecule has 1 amide bonds. The van der Waals surface area contributed by atoms with E-state index in [-0.39, 0.29) is 11.9 Å². The first-order chi connectivity index (χ1) is 7.61. The Morgan fingerprint density at radius 3 is 2.12 bits per heavy atom. The van der Waals surface area contributed by atoms with Gasteiger partial charge in [-0.25, -0.2) is 4.79 Å². The van der Waals surface area contributed by atoms with Crippen LogP contribution in [-0.4, -0.2) is 19.0 Å². The van der Waals surface area contributed by atoms with Crippen molar-refractivity contribution in [1.29, 1.82) is 0 Å². The van der Waals surface area contributed by atoms with Crippen LogP contribution < -0.4 is 5.73 Å². The second-order valence-electron chi connectivity index (χ2n) is 3.07. The Hall–Kier alpha value is -1.84. The molecule has 4 nitrogen and oxygen atoms in total. The number of nitrogens with two attached hydrogens (primary N) is 1. The molecule has 0 heterocycles. The minimum absolute atomic E-state index is 0.211. The van der Waals surface area contributed by atoms with E-state index in [9.17, 15) is 9.59 Å². The van der Waals surface area contributed by atoms with E-state index in [4.69, 9.17) is 5.73 Å². The van der Waals surface area contributed by atoms with Crippen molar-refractivity contribution >= 4 is 11.9 Å². The van der Waals surface area contributed by atoms with Gasteiger partial charge in [0.1, 0.15) is 0 Å². The zero-order valence-corrected chi connectivity index (χ0v) is 9.60. The predicted molar refractivity (Wildman–Crippen MR) is 61.9 cm³/mol. The second kappa shape index (κ2) is 8.47. The number of carbonyl (C=O) groups is 2. The zero-order chi connectivity index (χ0) is 12.4. The first-order valence-electron chi connectivity index (χ1n) is 5.03. The van der Waals surface area contributed by atoms with E-state index >= 15 is 0 Å². The van der Waals surface area contributed by atoms with Gasteiger partial charge in [-0.2, -0.15) is 0 Å². The minimum Gasteiger partial charge on any atom is -0.465 e. The van der Waals surface area contributed by atoms with Gasteiger partial charge in [0.05, 0.1) is 12.7 Å². The van der Waals surface area contributed by atoms with Crippen LogP contribution in [0.2, 0.25) is 0 Å². The van der Waals surface area contributed by atoms with Gasteiger partial charge in [0.15, 0.2) is 0 Å². The summed E-state index contributed by atoms with van der Waals surface area (Å²) < 4.78 is 4.50. The average Bonchev–Trinajstić information content (AvgIpc) is 2.30. The Morgan fingerprint density at radius 2 is 1.81 bits per heavy atom. The lowest BCUT2D eigenvalue weighted by Crippen LogP contribution is -2.08. The van der Waals surface area contributed by atoms with Crippen LogP contribution in [0.5, 0.6) is 0 Å². The van der Waals surface area contributed by atoms with Crippen molar-refractivity contribution in [2.45, 2.75) is 19.8 Å². The van der Waals surface area contributed by atoms with E-state index in [1.807, 2.05) is 13.0 Å². The van der Waals surface area contributed by atoms with Crippen molar-refractivity contribution in [2.24, 2.45) is 5.73 Å². The fourth-order valence-electron chi connectivity index (χ4n) is 0.938. The number of carbonyl (C=O) groups excluding carboxylic acids is 2. The molecule has 0 saturated heterocycles. The first kappa shape index (κ1) is 14.2. The van der Waals surface area contributed by atoms with E-state index < -0.39 is 0 Å². The van der Waals surface area contributed by atoms with Crippen LogP contribution in [0, 0.1) is 0 Å². The van der Waals surface area contributed by atoms with Crippen LogP contribution in [0.3, 0.4) is 0 Å². The summed E-state index contributed by atoms with van der Waals surface area (Å²) in [5.74, 6) is -0.502. The largest absolute Gasteiger partial charge is 0.465 e. The molecule has 0 atom stereocenters. The number of hydrogen-bond acceptors (Lipinski definition) is 3. The van der Waals surface area contributed by atoms with E-state index in [2.05, 4.69) is 4.74 Å². The molecule has 2 N–H and O–H groups in total. The van der Waals surface area contributed by atoms with Gasteiger partial charge in [0, 0.05) is 6.42 Å². The van der Waals surface area contributed by atoms with Crippen molar-refractivity contribution in [2.75, 3.05) is 7.11 Å². The monoisotopic (exact) mass is 223 g/mol. The maximum atomic E-state index is 10.8. The van der Waals surface area contributed by atoms with Gasteiger partial charge in [-0.05, 0) is 18.6 Å². The van der Waals surface area contributed by atoms with Gasteiger partial charge in [0.25, 0.3) is 0 Å². The molecule has 0 saturated carbocycles. The Bertz CT molecular complexity index is 322. The molecule has 1 aromatic carbocycles. The molecule has 0 spiro atoms. The Kier molecular flexibility index (Phi) is 7.49. The molecule has 0 aliphatic rings. The predicted octanol–water partition coefficient (Wildman–Crippen LogP) is 1.75. The molecule has 0 aliphatic carbocycles. The molecular weight excluding hydrogens is 206 g/mol. The molecule has 0 unspecified atom stereocenters. The summed E-state index contributed by atoms with van der Waals surface area (Å²) in [4.78, 5) is 20.6. The third-order valence-corrected chi connectivity index (χ3v) is 1.69. The highest BCUT2D eigenvalue weighted by Gasteiger charge is 2.00. The lowest BCUT2D eigenvalue weighted by atomic mass is 10.2. The smallest absolute Gasteiger partial charge is 0.337 e. The van der Waals surface area contributed by atoms with Crippen LogP contribution in [0.25, 0.3) is 0 Å². The number of ether oxygens (including phenoxy) is 1. The van der Waals surface area contributed by atoms with Crippen LogP contribution in [0.15, 0.2) is 30.3 Å². The molecule has 16 heavy (non-hydrogen) atoms. The maximum Gasteiger partial charge on any atom is 0.337 e. The molecule has 0 aliphatic heterocycles. The van der Waals surface area contributed by atoms with Crippen LogP contribution in [-0.2, 0) is 9.53 Å². The number of methoxy groups -OCH3 is 1. The fourth-order valence-corrected chi connectivity index (χ4v) is 0.938. The Morgan fingerprint density at radius 1 is 1.25 bits per heavy atom. The van der Waals surface area contributed by atoms with E-state index in [1.165, 1.54) is 7.11 Å². The third kappa shape index (κ3) is 6.59. The number of hydrogen-bond donors (Lipinski definition) is 1. The van der Waals surface area contributed by atoms with Gasteiger partial charge in [-0.3, -0.25) is 4.79 Å². The molecule has 0 bridgehead atoms. The molecule has 0 aromatic heterocycles. The van der Waals surface area contributed by atoms with Gasteiger partial charge < -0.3 is 10.5 Å². The highest BCUT2D eigenvalue weighted by atomic mass is 16.5. The summed E-state index contributed by atoms with van der Waals surface area (Å²) >= 11 is 0. The first-order valence-corrected chi connectivity index (χ1v) is 5.03. The number of primary amides is 1. The molecule has 1 rings (SSSR count). The maximum absolute atomic E-state index is 10.8. The van der Waals surface area contributed by atoms with Gasteiger partial charge in [-0.1, -0.05) is 25.1 Å². The molecular formula is C12H17NO3. The standard InChI is InChI=1S/C8H8O2.C4H9NO/c1-10-8(9)7-5-3-2-4-6-7;1-2-3-4(5)6/h2-6H,1H3;2-3H2,1H3,(H2,5,6). The molecule has 0 fully saturated rings. The van der Waals surface area contributed by atoms with Crippen molar-refractivity contribution in [3.05, 3.63) is 35.9 Å². The van der Waals surface area contributed by atoms with E-state index in [0.29, 0.717) is 12.0 Å². The average molecular weight is 223 g/mol. The number of amides is 1. The van der Waals surface area contributed by atoms with Gasteiger partial charge in [0.2, 0.25) is 5.91 Å². The summed E-state index contributed by atoms with van der Waals surface area (Å²) in [5.41, 5.74) is 5.35. The lowest BCUT2D eigenvalue weighted by molar-refractivity contribution is -0.118. The quantitative estimate of drug-likeness (QED) is 0.793. The Labute approximate surface area is 95.4 Å². The normalized spacial score (nSPS) is 8.62. The van der Waals surface area contributed by atoms with Gasteiger partial charge >= 0.3 is 5.97 Å². The van der Waals surface area contributed by atoms with Crippen molar-refractivity contribution in [1.82, 2.24) is 0 Å². The van der Waals surface area contributed by atoms with Crippen LogP contribution in [0.4, 0.5) is 0 Å². The highest BCUT2D eigenvalue weighted by Crippen LogP contribution is 1.98. The number of benzene rings is 1. The van der Waals surface area contributed by atoms with E-state index in [1.54, 1.807) is 24.3 Å². The van der Waals surface area contributed by atoms with Crippen molar-refractivity contribution in [3.8, 4) is 0 Å². The molecule has 1 aromatic rings. The summed E-state index contributed by atoms with van der Waals surface area (Å²) in [6.45, 7) is 1.92. The third-order valence-electron chi connectivity index (χ3n) is 1.69. The second-order valence-corrected chi connectivity index (χ2v) is 3.07. The zero-order valence-electron chi connectivity index (χ0n) is 9.60. The summed E-state index contributed by atoms with van der Waals surface area (Å²) in [7, 11) is 1.37. The fraction of sp³-hybridized carbons (Fsp3) is 0.333. The van der Waals surface area contributed by atoms with Crippen LogP contribution >= 0.6 is 0 Å². The summed E-state index contributed by atoms with van der Waals surface area (Å²) in [5, 5.41) is 0. The topological polar surface area (TPSA) is 69.4 Å². The summed E-state index contributed by atoms with van der Waals surface area (Å²) in [6, 6.07) is 8.88. The SMILES string of the molecule is CCCC(N)=O.COC(=O)c1ccccc1. The van der Waals surface area contributed by atoms with Gasteiger partial charge in [-0.15, -0.1) is 0 Å². The van der Waals surface area contributed by atoms with Crippen LogP contribution in [0.1, 0.15) is 30.1 Å². The van der Waals surface area contributed by atoms with Crippen molar-refractivity contribution in [3.63, 3.8) is 0 Å². The molecule has 4 heteroatoms.